The third-order valence-corrected chi connectivity index (χ3v) is 5.15. The van der Waals surface area contributed by atoms with Gasteiger partial charge in [-0.3, -0.25) is 14.4 Å². The van der Waals surface area contributed by atoms with Crippen LogP contribution in [0, 0.1) is 5.92 Å². The summed E-state index contributed by atoms with van der Waals surface area (Å²) < 4.78 is 20.8. The van der Waals surface area contributed by atoms with Crippen LogP contribution in [0.1, 0.15) is 6.42 Å². The minimum Gasteiger partial charge on any atom is -0.497 e. The van der Waals surface area contributed by atoms with Crippen molar-refractivity contribution in [3.8, 4) is 17.2 Å². The van der Waals surface area contributed by atoms with E-state index >= 15 is 0 Å². The highest BCUT2D eigenvalue weighted by Gasteiger charge is 2.37. The molecule has 1 heterocycles. The number of carbonyl (C=O) groups is 3. The number of hydrogen-bond donors (Lipinski definition) is 1. The molecule has 0 aromatic heterocycles. The molecule has 2 amide bonds. The van der Waals surface area contributed by atoms with Gasteiger partial charge in [-0.05, 0) is 30.3 Å². The van der Waals surface area contributed by atoms with Crippen LogP contribution in [0.25, 0.3) is 0 Å². The summed E-state index contributed by atoms with van der Waals surface area (Å²) in [5, 5.41) is 3.00. The Labute approximate surface area is 190 Å². The Kier molecular flexibility index (Phi) is 7.42. The fourth-order valence-electron chi connectivity index (χ4n) is 3.32. The second kappa shape index (κ2) is 10.2. The largest absolute Gasteiger partial charge is 0.497 e. The number of nitrogens with one attached hydrogen (secondary N) is 1. The summed E-state index contributed by atoms with van der Waals surface area (Å²) in [5.74, 6) is -0.707. The highest BCUT2D eigenvalue weighted by molar-refractivity contribution is 6.31. The molecule has 0 saturated carbocycles. The van der Waals surface area contributed by atoms with E-state index in [1.807, 2.05) is 0 Å². The van der Waals surface area contributed by atoms with Gasteiger partial charge in [-0.1, -0.05) is 11.6 Å². The van der Waals surface area contributed by atoms with E-state index in [0.717, 1.165) is 0 Å². The van der Waals surface area contributed by atoms with E-state index in [0.29, 0.717) is 33.6 Å². The quantitative estimate of drug-likeness (QED) is 0.601. The number of esters is 1. The highest BCUT2D eigenvalue weighted by Crippen LogP contribution is 2.36. The van der Waals surface area contributed by atoms with E-state index in [4.69, 9.17) is 30.5 Å². The number of hydrogen-bond acceptors (Lipinski definition) is 7. The molecule has 0 spiro atoms. The molecular formula is C22H23ClN2O7. The first-order valence-corrected chi connectivity index (χ1v) is 10.1. The van der Waals surface area contributed by atoms with E-state index in [1.54, 1.807) is 30.3 Å². The summed E-state index contributed by atoms with van der Waals surface area (Å²) in [5.41, 5.74) is 0.884. The second-order valence-corrected chi connectivity index (χ2v) is 7.38. The van der Waals surface area contributed by atoms with Gasteiger partial charge in [0, 0.05) is 24.1 Å². The number of ether oxygens (including phenoxy) is 4. The zero-order chi connectivity index (χ0) is 23.3. The van der Waals surface area contributed by atoms with Gasteiger partial charge in [0.25, 0.3) is 5.91 Å². The van der Waals surface area contributed by atoms with Gasteiger partial charge in [0.2, 0.25) is 5.91 Å². The van der Waals surface area contributed by atoms with E-state index in [2.05, 4.69) is 5.32 Å². The summed E-state index contributed by atoms with van der Waals surface area (Å²) in [7, 11) is 4.47. The normalized spacial score (nSPS) is 15.3. The molecule has 1 aliphatic heterocycles. The van der Waals surface area contributed by atoms with Crippen LogP contribution >= 0.6 is 11.6 Å². The van der Waals surface area contributed by atoms with Gasteiger partial charge in [-0.25, -0.2) is 0 Å². The molecule has 1 saturated heterocycles. The first kappa shape index (κ1) is 23.2. The summed E-state index contributed by atoms with van der Waals surface area (Å²) in [6.07, 6.45) is -0.0300. The SMILES string of the molecule is COc1ccc(N2C[C@@H](C(=O)OCC(=O)Nc3cc(Cl)ccc3OC)CC2=O)c(OC)c1. The zero-order valence-corrected chi connectivity index (χ0v) is 18.6. The van der Waals surface area contributed by atoms with Gasteiger partial charge in [0.15, 0.2) is 6.61 Å². The van der Waals surface area contributed by atoms with Crippen LogP contribution in [-0.4, -0.2) is 52.3 Å². The number of anilines is 2. The van der Waals surface area contributed by atoms with Gasteiger partial charge >= 0.3 is 5.97 Å². The van der Waals surface area contributed by atoms with E-state index < -0.39 is 24.4 Å². The monoisotopic (exact) mass is 462 g/mol. The molecule has 32 heavy (non-hydrogen) atoms. The number of rotatable bonds is 8. The van der Waals surface area contributed by atoms with Crippen LogP contribution in [0.5, 0.6) is 17.2 Å². The lowest BCUT2D eigenvalue weighted by Crippen LogP contribution is -2.28. The van der Waals surface area contributed by atoms with Crippen molar-refractivity contribution < 1.29 is 33.3 Å². The van der Waals surface area contributed by atoms with Crippen LogP contribution in [-0.2, 0) is 19.1 Å². The highest BCUT2D eigenvalue weighted by atomic mass is 35.5. The first-order valence-electron chi connectivity index (χ1n) is 9.68. The molecule has 0 radical (unpaired) electrons. The lowest BCUT2D eigenvalue weighted by molar-refractivity contribution is -0.151. The van der Waals surface area contributed by atoms with E-state index in [1.165, 1.54) is 32.3 Å². The average Bonchev–Trinajstić information content (AvgIpc) is 3.18. The number of amides is 2. The van der Waals surface area contributed by atoms with Gasteiger partial charge in [0.1, 0.15) is 17.2 Å². The minimum absolute atomic E-state index is 0.0300. The average molecular weight is 463 g/mol. The maximum atomic E-state index is 12.5. The fraction of sp³-hybridized carbons (Fsp3) is 0.318. The smallest absolute Gasteiger partial charge is 0.311 e. The van der Waals surface area contributed by atoms with Gasteiger partial charge in [-0.15, -0.1) is 0 Å². The number of halogens is 1. The van der Waals surface area contributed by atoms with Gasteiger partial charge in [0.05, 0.1) is 38.6 Å². The lowest BCUT2D eigenvalue weighted by Gasteiger charge is -2.20. The number of nitrogens with zero attached hydrogens (tertiary/aromatic N) is 1. The minimum atomic E-state index is -0.706. The Morgan fingerprint density at radius 2 is 1.81 bits per heavy atom. The maximum Gasteiger partial charge on any atom is 0.311 e. The van der Waals surface area contributed by atoms with Crippen molar-refractivity contribution in [2.75, 3.05) is 44.7 Å². The fourth-order valence-corrected chi connectivity index (χ4v) is 3.50. The third-order valence-electron chi connectivity index (χ3n) is 4.92. The van der Waals surface area contributed by atoms with Crippen molar-refractivity contribution in [3.63, 3.8) is 0 Å². The summed E-state index contributed by atoms with van der Waals surface area (Å²) in [6, 6.07) is 9.80. The van der Waals surface area contributed by atoms with Crippen molar-refractivity contribution in [1.82, 2.24) is 0 Å². The van der Waals surface area contributed by atoms with Crippen LogP contribution in [0.3, 0.4) is 0 Å². The van der Waals surface area contributed by atoms with Crippen LogP contribution in [0.2, 0.25) is 5.02 Å². The predicted octanol–water partition coefficient (Wildman–Crippen LogP) is 2.90. The number of benzene rings is 2. The Morgan fingerprint density at radius 1 is 1.06 bits per heavy atom. The summed E-state index contributed by atoms with van der Waals surface area (Å²) >= 11 is 5.94. The molecule has 1 atom stereocenters. The van der Waals surface area contributed by atoms with Gasteiger partial charge < -0.3 is 29.2 Å². The van der Waals surface area contributed by atoms with Crippen LogP contribution in [0.15, 0.2) is 36.4 Å². The Balaban J connectivity index is 1.59. The van der Waals surface area contributed by atoms with Crippen LogP contribution in [0.4, 0.5) is 11.4 Å². The van der Waals surface area contributed by atoms with Crippen molar-refractivity contribution in [2.24, 2.45) is 5.92 Å². The molecule has 1 N–H and O–H groups in total. The van der Waals surface area contributed by atoms with Crippen molar-refractivity contribution >= 4 is 40.8 Å². The molecule has 1 aliphatic rings. The lowest BCUT2D eigenvalue weighted by atomic mass is 10.1. The molecule has 2 aromatic carbocycles. The summed E-state index contributed by atoms with van der Waals surface area (Å²) in [6.45, 7) is -0.394. The third kappa shape index (κ3) is 5.23. The first-order chi connectivity index (χ1) is 15.4. The molecule has 0 aliphatic carbocycles. The predicted molar refractivity (Wildman–Crippen MR) is 118 cm³/mol. The standard InChI is InChI=1S/C22H23ClN2O7/c1-29-15-5-6-17(19(10-15)31-3)25-11-13(8-21(25)27)22(28)32-12-20(26)24-16-9-14(23)4-7-18(16)30-2/h4-7,9-10,13H,8,11-12H2,1-3H3,(H,24,26)/t13-/m0/s1. The zero-order valence-electron chi connectivity index (χ0n) is 17.8. The number of carbonyl (C=O) groups excluding carboxylic acids is 3. The molecule has 2 aromatic rings. The Bertz CT molecular complexity index is 1030. The molecule has 1 fully saturated rings. The second-order valence-electron chi connectivity index (χ2n) is 6.94. The molecule has 9 nitrogen and oxygen atoms in total. The van der Waals surface area contributed by atoms with E-state index in [-0.39, 0.29) is 18.9 Å². The van der Waals surface area contributed by atoms with Crippen molar-refractivity contribution in [2.45, 2.75) is 6.42 Å². The molecular weight excluding hydrogens is 440 g/mol. The Morgan fingerprint density at radius 3 is 2.50 bits per heavy atom. The van der Waals surface area contributed by atoms with E-state index in [9.17, 15) is 14.4 Å². The molecule has 3 rings (SSSR count). The topological polar surface area (TPSA) is 103 Å². The maximum absolute atomic E-state index is 12.5. The van der Waals surface area contributed by atoms with Crippen molar-refractivity contribution in [1.29, 1.82) is 0 Å². The molecule has 170 valence electrons. The molecule has 0 bridgehead atoms. The van der Waals surface area contributed by atoms with Crippen LogP contribution < -0.4 is 24.4 Å². The summed E-state index contributed by atoms with van der Waals surface area (Å²) in [4.78, 5) is 38.7. The molecule has 10 heteroatoms. The number of methoxy groups -OCH3 is 3. The van der Waals surface area contributed by atoms with Gasteiger partial charge in [-0.2, -0.15) is 0 Å². The van der Waals surface area contributed by atoms with Crippen molar-refractivity contribution in [3.05, 3.63) is 41.4 Å². The molecule has 0 unspecified atom stereocenters. The Hall–Kier alpha value is -3.46.